The van der Waals surface area contributed by atoms with E-state index in [2.05, 4.69) is 28.2 Å². The average Bonchev–Trinajstić information content (AvgIpc) is 3.15. The molecule has 2 heterocycles. The van der Waals surface area contributed by atoms with E-state index >= 15 is 0 Å². The van der Waals surface area contributed by atoms with Gasteiger partial charge in [-0.15, -0.1) is 0 Å². The topological polar surface area (TPSA) is 29.9 Å². The summed E-state index contributed by atoms with van der Waals surface area (Å²) < 4.78 is 2.13. The van der Waals surface area contributed by atoms with Gasteiger partial charge in [0.2, 0.25) is 0 Å². The fourth-order valence-corrected chi connectivity index (χ4v) is 3.97. The van der Waals surface area contributed by atoms with E-state index in [1.54, 1.807) is 0 Å². The number of fused-ring (bicyclic) bond motifs is 1. The zero-order chi connectivity index (χ0) is 14.3. The number of nitrogens with zero attached hydrogens (tertiary/aromatic N) is 2. The number of aryl methyl sites for hydroxylation is 1. The summed E-state index contributed by atoms with van der Waals surface area (Å²) in [6.45, 7) is 2.08. The van der Waals surface area contributed by atoms with Crippen LogP contribution in [0.4, 0.5) is 5.82 Å². The highest BCUT2D eigenvalue weighted by Crippen LogP contribution is 2.46. The van der Waals surface area contributed by atoms with Crippen molar-refractivity contribution in [2.24, 2.45) is 0 Å². The molecule has 1 aromatic heterocycles. The van der Waals surface area contributed by atoms with Crippen LogP contribution in [0.25, 0.3) is 0 Å². The first kappa shape index (κ1) is 13.2. The van der Waals surface area contributed by atoms with Gasteiger partial charge in [0.15, 0.2) is 0 Å². The Hall–Kier alpha value is -1.48. The third kappa shape index (κ3) is 2.15. The van der Waals surface area contributed by atoms with Gasteiger partial charge < -0.3 is 5.32 Å². The molecule has 0 spiro atoms. The molecule has 1 N–H and O–H groups in total. The number of aromatic nitrogens is 2. The minimum absolute atomic E-state index is 0.0800. The Bertz CT molecular complexity index is 615. The molecule has 3 nitrogen and oxygen atoms in total. The zero-order valence-corrected chi connectivity index (χ0v) is 12.9. The molecule has 0 bridgehead atoms. The molecule has 0 atom stereocenters. The third-order valence-electron chi connectivity index (χ3n) is 4.98. The normalized spacial score (nSPS) is 20.0. The van der Waals surface area contributed by atoms with Crippen molar-refractivity contribution in [2.45, 2.75) is 44.1 Å². The monoisotopic (exact) mass is 301 g/mol. The van der Waals surface area contributed by atoms with E-state index in [4.69, 9.17) is 16.7 Å². The molecule has 1 fully saturated rings. The summed E-state index contributed by atoms with van der Waals surface area (Å²) in [4.78, 5) is 0. The van der Waals surface area contributed by atoms with E-state index in [1.807, 2.05) is 12.1 Å². The van der Waals surface area contributed by atoms with Gasteiger partial charge in [-0.25, -0.2) is 4.68 Å². The Balaban J connectivity index is 1.80. The Morgan fingerprint density at radius 2 is 1.86 bits per heavy atom. The Morgan fingerprint density at radius 1 is 1.10 bits per heavy atom. The van der Waals surface area contributed by atoms with Crippen molar-refractivity contribution in [3.05, 3.63) is 46.6 Å². The second-order valence-electron chi connectivity index (χ2n) is 6.21. The van der Waals surface area contributed by atoms with E-state index in [0.29, 0.717) is 0 Å². The number of hydrogen-bond acceptors (Lipinski definition) is 2. The second kappa shape index (κ2) is 5.06. The first-order valence-corrected chi connectivity index (χ1v) is 8.24. The van der Waals surface area contributed by atoms with Gasteiger partial charge in [0, 0.05) is 29.6 Å². The van der Waals surface area contributed by atoms with Crippen molar-refractivity contribution in [3.8, 4) is 0 Å². The number of hydrogen-bond donors (Lipinski definition) is 1. The molecule has 21 heavy (non-hydrogen) atoms. The molecule has 1 aromatic carbocycles. The molecule has 1 saturated carbocycles. The smallest absolute Gasteiger partial charge is 0.124 e. The molecule has 0 saturated heterocycles. The van der Waals surface area contributed by atoms with Crippen LogP contribution in [0, 0.1) is 0 Å². The van der Waals surface area contributed by atoms with Gasteiger partial charge in [-0.2, -0.15) is 5.10 Å². The van der Waals surface area contributed by atoms with Crippen LogP contribution >= 0.6 is 11.6 Å². The van der Waals surface area contributed by atoms with Crippen molar-refractivity contribution in [2.75, 3.05) is 11.9 Å². The standard InChI is InChI=1S/C17H20ClN3/c18-14-6-4-13(5-7-14)17(8-1-2-9-17)15-12-16-19-10-3-11-21(16)20-15/h4-7,12,19H,1-3,8-11H2. The summed E-state index contributed by atoms with van der Waals surface area (Å²) in [5.74, 6) is 1.18. The van der Waals surface area contributed by atoms with Gasteiger partial charge in [0.1, 0.15) is 5.82 Å². The quantitative estimate of drug-likeness (QED) is 0.900. The molecule has 2 aromatic rings. The molecule has 4 rings (SSSR count). The number of rotatable bonds is 2. The van der Waals surface area contributed by atoms with E-state index in [-0.39, 0.29) is 5.41 Å². The number of anilines is 1. The van der Waals surface area contributed by atoms with E-state index in [9.17, 15) is 0 Å². The van der Waals surface area contributed by atoms with Crippen LogP contribution in [0.5, 0.6) is 0 Å². The number of halogens is 1. The molecule has 1 aliphatic heterocycles. The molecule has 110 valence electrons. The Morgan fingerprint density at radius 3 is 2.57 bits per heavy atom. The second-order valence-corrected chi connectivity index (χ2v) is 6.65. The minimum Gasteiger partial charge on any atom is -0.370 e. The van der Waals surface area contributed by atoms with Crippen molar-refractivity contribution < 1.29 is 0 Å². The summed E-state index contributed by atoms with van der Waals surface area (Å²) in [5, 5.41) is 9.19. The molecule has 0 amide bonds. The van der Waals surface area contributed by atoms with E-state index < -0.39 is 0 Å². The number of nitrogens with one attached hydrogen (secondary N) is 1. The highest BCUT2D eigenvalue weighted by Gasteiger charge is 2.40. The molecule has 1 aliphatic carbocycles. The summed E-state index contributed by atoms with van der Waals surface area (Å²) in [6, 6.07) is 10.6. The molecule has 2 aliphatic rings. The van der Waals surface area contributed by atoms with Crippen LogP contribution in [-0.2, 0) is 12.0 Å². The van der Waals surface area contributed by atoms with Gasteiger partial charge in [-0.05, 0) is 37.0 Å². The maximum absolute atomic E-state index is 6.06. The Labute approximate surface area is 130 Å². The van der Waals surface area contributed by atoms with Crippen molar-refractivity contribution in [1.29, 1.82) is 0 Å². The number of benzene rings is 1. The molecule has 0 radical (unpaired) electrons. The lowest BCUT2D eigenvalue weighted by molar-refractivity contribution is 0.490. The van der Waals surface area contributed by atoms with Gasteiger partial charge in [-0.3, -0.25) is 0 Å². The van der Waals surface area contributed by atoms with Crippen LogP contribution in [-0.4, -0.2) is 16.3 Å². The minimum atomic E-state index is 0.0800. The zero-order valence-electron chi connectivity index (χ0n) is 12.1. The molecular weight excluding hydrogens is 282 g/mol. The SMILES string of the molecule is Clc1ccc(C2(c3cc4n(n3)CCCN4)CCCC2)cc1. The lowest BCUT2D eigenvalue weighted by Crippen LogP contribution is -2.25. The fourth-order valence-electron chi connectivity index (χ4n) is 3.85. The third-order valence-corrected chi connectivity index (χ3v) is 5.23. The van der Waals surface area contributed by atoms with Crippen LogP contribution < -0.4 is 5.32 Å². The predicted molar refractivity (Wildman–Crippen MR) is 86.0 cm³/mol. The van der Waals surface area contributed by atoms with Crippen LogP contribution in [0.1, 0.15) is 43.4 Å². The lowest BCUT2D eigenvalue weighted by atomic mass is 9.76. The maximum atomic E-state index is 6.06. The first-order valence-electron chi connectivity index (χ1n) is 7.86. The van der Waals surface area contributed by atoms with Crippen molar-refractivity contribution >= 4 is 17.4 Å². The Kier molecular flexibility index (Phi) is 3.18. The molecule has 4 heteroatoms. The highest BCUT2D eigenvalue weighted by molar-refractivity contribution is 6.30. The fraction of sp³-hybridized carbons (Fsp3) is 0.471. The van der Waals surface area contributed by atoms with Gasteiger partial charge in [0.25, 0.3) is 0 Å². The summed E-state index contributed by atoms with van der Waals surface area (Å²) in [7, 11) is 0. The van der Waals surface area contributed by atoms with Gasteiger partial charge >= 0.3 is 0 Å². The summed E-state index contributed by atoms with van der Waals surface area (Å²) in [5.41, 5.74) is 2.67. The summed E-state index contributed by atoms with van der Waals surface area (Å²) in [6.07, 6.45) is 6.08. The van der Waals surface area contributed by atoms with E-state index in [1.165, 1.54) is 42.8 Å². The lowest BCUT2D eigenvalue weighted by Gasteiger charge is -2.27. The molecule has 0 unspecified atom stereocenters. The highest BCUT2D eigenvalue weighted by atomic mass is 35.5. The van der Waals surface area contributed by atoms with Crippen LogP contribution in [0.15, 0.2) is 30.3 Å². The maximum Gasteiger partial charge on any atom is 0.124 e. The average molecular weight is 302 g/mol. The first-order chi connectivity index (χ1) is 10.3. The predicted octanol–water partition coefficient (Wildman–Crippen LogP) is 4.21. The largest absolute Gasteiger partial charge is 0.370 e. The summed E-state index contributed by atoms with van der Waals surface area (Å²) >= 11 is 6.06. The molecular formula is C17H20ClN3. The van der Waals surface area contributed by atoms with Crippen molar-refractivity contribution in [3.63, 3.8) is 0 Å². The van der Waals surface area contributed by atoms with Gasteiger partial charge in [0.05, 0.1) is 5.69 Å². The van der Waals surface area contributed by atoms with Crippen LogP contribution in [0.2, 0.25) is 5.02 Å². The van der Waals surface area contributed by atoms with E-state index in [0.717, 1.165) is 24.5 Å². The van der Waals surface area contributed by atoms with Crippen LogP contribution in [0.3, 0.4) is 0 Å². The van der Waals surface area contributed by atoms with Crippen molar-refractivity contribution in [1.82, 2.24) is 9.78 Å². The van der Waals surface area contributed by atoms with Gasteiger partial charge in [-0.1, -0.05) is 36.6 Å².